The summed E-state index contributed by atoms with van der Waals surface area (Å²) in [6.45, 7) is 5.22. The molecule has 0 aromatic heterocycles. The highest BCUT2D eigenvalue weighted by atomic mass is 16.7. The smallest absolute Gasteiger partial charge is 0.192 e. The Labute approximate surface area is 101 Å². The molecule has 1 heterocycles. The lowest BCUT2D eigenvalue weighted by Gasteiger charge is -2.44. The summed E-state index contributed by atoms with van der Waals surface area (Å²) in [6.07, 6.45) is 7.06. The van der Waals surface area contributed by atoms with Gasteiger partial charge in [-0.2, -0.15) is 0 Å². The molecule has 1 aliphatic heterocycles. The number of hydrogen-bond donors (Lipinski definition) is 0. The van der Waals surface area contributed by atoms with E-state index >= 15 is 0 Å². The number of hydrogen-bond acceptors (Lipinski definition) is 3. The molecule has 3 heteroatoms. The fraction of sp³-hybridized carbons (Fsp3) is 0.643. The van der Waals surface area contributed by atoms with Gasteiger partial charge in [-0.05, 0) is 30.9 Å². The topological polar surface area (TPSA) is 35.5 Å². The van der Waals surface area contributed by atoms with E-state index in [1.807, 2.05) is 13.0 Å². The van der Waals surface area contributed by atoms with Crippen LogP contribution in [-0.4, -0.2) is 24.8 Å². The average molecular weight is 234 g/mol. The lowest BCUT2D eigenvalue weighted by atomic mass is 9.66. The van der Waals surface area contributed by atoms with Crippen LogP contribution in [0.15, 0.2) is 23.8 Å². The van der Waals surface area contributed by atoms with Crippen LogP contribution in [0.2, 0.25) is 0 Å². The minimum absolute atomic E-state index is 0.0168. The first-order valence-corrected chi connectivity index (χ1v) is 6.32. The van der Waals surface area contributed by atoms with Crippen molar-refractivity contribution in [3.8, 4) is 0 Å². The Kier molecular flexibility index (Phi) is 2.49. The van der Waals surface area contributed by atoms with E-state index in [1.165, 1.54) is 0 Å². The molecular formula is C14H18O3. The number of rotatable bonds is 0. The molecule has 0 radical (unpaired) electrons. The third-order valence-corrected chi connectivity index (χ3v) is 4.19. The molecule has 0 aromatic rings. The average Bonchev–Trinajstić information content (AvgIpc) is 2.75. The van der Waals surface area contributed by atoms with Crippen molar-refractivity contribution < 1.29 is 14.3 Å². The molecule has 3 nitrogen and oxygen atoms in total. The van der Waals surface area contributed by atoms with E-state index in [-0.39, 0.29) is 23.5 Å². The summed E-state index contributed by atoms with van der Waals surface area (Å²) in [4.78, 5) is 12.3. The molecular weight excluding hydrogens is 216 g/mol. The lowest BCUT2D eigenvalue weighted by molar-refractivity contribution is -0.182. The van der Waals surface area contributed by atoms with E-state index in [4.69, 9.17) is 9.47 Å². The maximum absolute atomic E-state index is 12.3. The summed E-state index contributed by atoms with van der Waals surface area (Å²) in [7, 11) is 0. The van der Waals surface area contributed by atoms with Crippen LogP contribution >= 0.6 is 0 Å². The largest absolute Gasteiger partial charge is 0.344 e. The zero-order chi connectivity index (χ0) is 12.0. The highest BCUT2D eigenvalue weighted by Crippen LogP contribution is 2.47. The van der Waals surface area contributed by atoms with E-state index < -0.39 is 5.79 Å². The van der Waals surface area contributed by atoms with Gasteiger partial charge in [0.05, 0.1) is 13.2 Å². The van der Waals surface area contributed by atoms with E-state index in [0.717, 1.165) is 12.0 Å². The van der Waals surface area contributed by atoms with Gasteiger partial charge in [-0.3, -0.25) is 4.79 Å². The Morgan fingerprint density at radius 2 is 2.06 bits per heavy atom. The van der Waals surface area contributed by atoms with Crippen LogP contribution in [0, 0.1) is 17.8 Å². The fourth-order valence-electron chi connectivity index (χ4n) is 3.39. The predicted octanol–water partition coefficient (Wildman–Crippen LogP) is 2.09. The number of ether oxygens (including phenoxy) is 2. The van der Waals surface area contributed by atoms with Gasteiger partial charge in [0.2, 0.25) is 0 Å². The minimum Gasteiger partial charge on any atom is -0.344 e. The number of fused-ring (bicyclic) bond motifs is 2. The van der Waals surface area contributed by atoms with E-state index in [9.17, 15) is 4.79 Å². The number of carbonyl (C=O) groups is 1. The summed E-state index contributed by atoms with van der Waals surface area (Å²) in [5, 5.41) is 0. The number of carbonyl (C=O) groups excluding carboxylic acids is 1. The lowest BCUT2D eigenvalue weighted by Crippen LogP contribution is -2.50. The quantitative estimate of drug-likeness (QED) is 0.602. The SMILES string of the molecule is CC1=CC2(OCCO2)[C@@H]2CC=C[C@H](C)[C@@H]2C1=O. The summed E-state index contributed by atoms with van der Waals surface area (Å²) < 4.78 is 11.7. The molecule has 92 valence electrons. The zero-order valence-electron chi connectivity index (χ0n) is 10.3. The van der Waals surface area contributed by atoms with E-state index in [2.05, 4.69) is 19.1 Å². The predicted molar refractivity (Wildman–Crippen MR) is 63.3 cm³/mol. The summed E-state index contributed by atoms with van der Waals surface area (Å²) in [5.74, 6) is 0.0530. The minimum atomic E-state index is -0.637. The molecule has 2 aliphatic carbocycles. The van der Waals surface area contributed by atoms with Gasteiger partial charge in [0.15, 0.2) is 11.6 Å². The normalized spacial score (nSPS) is 39.3. The van der Waals surface area contributed by atoms with Gasteiger partial charge in [-0.1, -0.05) is 19.1 Å². The second kappa shape index (κ2) is 3.79. The highest BCUT2D eigenvalue weighted by molar-refractivity contribution is 5.98. The van der Waals surface area contributed by atoms with Crippen LogP contribution in [0.3, 0.4) is 0 Å². The Morgan fingerprint density at radius 3 is 2.76 bits per heavy atom. The van der Waals surface area contributed by atoms with Gasteiger partial charge in [0.25, 0.3) is 0 Å². The van der Waals surface area contributed by atoms with Gasteiger partial charge < -0.3 is 9.47 Å². The van der Waals surface area contributed by atoms with E-state index in [1.54, 1.807) is 0 Å². The van der Waals surface area contributed by atoms with Gasteiger partial charge in [0, 0.05) is 11.8 Å². The Balaban J connectivity index is 2.06. The molecule has 17 heavy (non-hydrogen) atoms. The third-order valence-electron chi connectivity index (χ3n) is 4.19. The molecule has 0 aromatic carbocycles. The monoisotopic (exact) mass is 234 g/mol. The first-order chi connectivity index (χ1) is 8.14. The molecule has 1 fully saturated rings. The van der Waals surface area contributed by atoms with Gasteiger partial charge >= 0.3 is 0 Å². The van der Waals surface area contributed by atoms with Crippen LogP contribution in [0.25, 0.3) is 0 Å². The van der Waals surface area contributed by atoms with Crippen molar-refractivity contribution in [2.24, 2.45) is 17.8 Å². The molecule has 0 unspecified atom stereocenters. The second-order valence-electron chi connectivity index (χ2n) is 5.27. The first-order valence-electron chi connectivity index (χ1n) is 6.32. The van der Waals surface area contributed by atoms with Crippen LogP contribution in [0.4, 0.5) is 0 Å². The molecule has 1 spiro atoms. The Bertz CT molecular complexity index is 402. The van der Waals surface area contributed by atoms with Crippen LogP contribution in [-0.2, 0) is 14.3 Å². The van der Waals surface area contributed by atoms with Crippen LogP contribution < -0.4 is 0 Å². The van der Waals surface area contributed by atoms with Crippen molar-refractivity contribution in [2.45, 2.75) is 26.1 Å². The van der Waals surface area contributed by atoms with Gasteiger partial charge in [-0.25, -0.2) is 0 Å². The molecule has 0 N–H and O–H groups in total. The Hall–Kier alpha value is -0.930. The van der Waals surface area contributed by atoms with Gasteiger partial charge in [0.1, 0.15) is 0 Å². The van der Waals surface area contributed by atoms with Crippen molar-refractivity contribution in [1.29, 1.82) is 0 Å². The number of allylic oxidation sites excluding steroid dienone is 3. The number of ketones is 1. The van der Waals surface area contributed by atoms with Crippen LogP contribution in [0.1, 0.15) is 20.3 Å². The number of Topliss-reactive ketones (excluding diaryl/α,β-unsaturated/α-hetero) is 1. The highest BCUT2D eigenvalue weighted by Gasteiger charge is 2.53. The summed E-state index contributed by atoms with van der Waals surface area (Å²) in [6, 6.07) is 0. The van der Waals surface area contributed by atoms with Crippen molar-refractivity contribution in [3.05, 3.63) is 23.8 Å². The fourth-order valence-corrected chi connectivity index (χ4v) is 3.39. The Morgan fingerprint density at radius 1 is 1.35 bits per heavy atom. The molecule has 3 rings (SSSR count). The third kappa shape index (κ3) is 1.53. The standard InChI is InChI=1S/C14H18O3/c1-9-4-3-5-11-12(9)13(15)10(2)8-14(11)16-6-7-17-14/h3-4,8-9,11-12H,5-7H2,1-2H3/t9-,11+,12-/m0/s1. The first kappa shape index (κ1) is 11.2. The van der Waals surface area contributed by atoms with Crippen molar-refractivity contribution >= 4 is 5.78 Å². The molecule has 0 amide bonds. The maximum Gasteiger partial charge on any atom is 0.192 e. The van der Waals surface area contributed by atoms with Gasteiger partial charge in [-0.15, -0.1) is 0 Å². The summed E-state index contributed by atoms with van der Waals surface area (Å²) >= 11 is 0. The maximum atomic E-state index is 12.3. The second-order valence-corrected chi connectivity index (χ2v) is 5.27. The van der Waals surface area contributed by atoms with Crippen LogP contribution in [0.5, 0.6) is 0 Å². The summed E-state index contributed by atoms with van der Waals surface area (Å²) in [5.41, 5.74) is 0.787. The molecule has 1 saturated heterocycles. The van der Waals surface area contributed by atoms with Crippen molar-refractivity contribution in [1.82, 2.24) is 0 Å². The van der Waals surface area contributed by atoms with Crippen molar-refractivity contribution in [2.75, 3.05) is 13.2 Å². The zero-order valence-corrected chi connectivity index (χ0v) is 10.3. The van der Waals surface area contributed by atoms with Crippen molar-refractivity contribution in [3.63, 3.8) is 0 Å². The molecule has 0 bridgehead atoms. The molecule has 3 aliphatic rings. The van der Waals surface area contributed by atoms with E-state index in [0.29, 0.717) is 13.2 Å². The molecule has 3 atom stereocenters. The molecule has 0 saturated carbocycles.